The molecule has 138 valence electrons. The zero-order valence-corrected chi connectivity index (χ0v) is 15.2. The second-order valence-electron chi connectivity index (χ2n) is 6.14. The summed E-state index contributed by atoms with van der Waals surface area (Å²) in [6, 6.07) is 7.42. The number of fused-ring (bicyclic) bond motifs is 1. The minimum Gasteiger partial charge on any atom is -0.460 e. The highest BCUT2D eigenvalue weighted by atomic mass is 35.5. The van der Waals surface area contributed by atoms with E-state index >= 15 is 0 Å². The Morgan fingerprint density at radius 1 is 1.38 bits per heavy atom. The minimum atomic E-state index is -0.243. The molecule has 0 aromatic carbocycles. The van der Waals surface area contributed by atoms with Gasteiger partial charge in [-0.2, -0.15) is 10.2 Å². The number of nitrogens with zero attached hydrogens (tertiary/aromatic N) is 3. The number of rotatable bonds is 4. The fraction of sp³-hybridized carbons (Fsp3) is 0.353. The maximum atomic E-state index is 12.3. The van der Waals surface area contributed by atoms with Crippen molar-refractivity contribution in [1.82, 2.24) is 30.6 Å². The summed E-state index contributed by atoms with van der Waals surface area (Å²) in [7, 11) is 0. The van der Waals surface area contributed by atoms with Gasteiger partial charge in [-0.3, -0.25) is 14.6 Å². The molecule has 0 aliphatic carbocycles. The number of aryl methyl sites for hydroxylation is 2. The molecule has 9 heteroatoms. The Morgan fingerprint density at radius 3 is 3.08 bits per heavy atom. The molecule has 3 N–H and O–H groups in total. The maximum absolute atomic E-state index is 12.3. The minimum absolute atomic E-state index is 0. The van der Waals surface area contributed by atoms with Crippen molar-refractivity contribution < 1.29 is 9.21 Å². The number of hydrogen-bond donors (Lipinski definition) is 3. The topological polar surface area (TPSA) is 101 Å². The fourth-order valence-electron chi connectivity index (χ4n) is 2.91. The zero-order valence-electron chi connectivity index (χ0n) is 14.4. The van der Waals surface area contributed by atoms with Crippen molar-refractivity contribution in [1.29, 1.82) is 0 Å². The third kappa shape index (κ3) is 3.81. The van der Waals surface area contributed by atoms with E-state index < -0.39 is 0 Å². The molecule has 0 unspecified atom stereocenters. The highest BCUT2D eigenvalue weighted by Crippen LogP contribution is 2.20. The molecule has 0 fully saturated rings. The fourth-order valence-corrected chi connectivity index (χ4v) is 2.91. The zero-order chi connectivity index (χ0) is 17.2. The normalized spacial score (nSPS) is 13.6. The number of carbonyl (C=O) groups is 1. The number of hydrogen-bond acceptors (Lipinski definition) is 5. The Morgan fingerprint density at radius 2 is 2.27 bits per heavy atom. The number of furan rings is 1. The summed E-state index contributed by atoms with van der Waals surface area (Å²) >= 11 is 0. The van der Waals surface area contributed by atoms with Crippen molar-refractivity contribution in [3.63, 3.8) is 0 Å². The van der Waals surface area contributed by atoms with Gasteiger partial charge in [-0.05, 0) is 38.1 Å². The Bertz CT molecular complexity index is 873. The lowest BCUT2D eigenvalue weighted by molar-refractivity contribution is 0.0945. The highest BCUT2D eigenvalue weighted by Gasteiger charge is 2.15. The molecule has 3 aromatic rings. The molecule has 4 rings (SSSR count). The SMILES string of the molecule is Cc1ccc(-c2cc(C(=O)NCc3cc4n(n3)CCCNC4)n[nH]2)o1.Cl. The van der Waals surface area contributed by atoms with Gasteiger partial charge >= 0.3 is 0 Å². The van der Waals surface area contributed by atoms with Crippen molar-refractivity contribution in [2.75, 3.05) is 6.54 Å². The molecule has 1 aliphatic heterocycles. The lowest BCUT2D eigenvalue weighted by atomic mass is 10.3. The molecule has 0 spiro atoms. The van der Waals surface area contributed by atoms with Crippen molar-refractivity contribution in [3.8, 4) is 11.5 Å². The van der Waals surface area contributed by atoms with E-state index in [1.165, 1.54) is 0 Å². The molecule has 0 radical (unpaired) electrons. The first-order valence-corrected chi connectivity index (χ1v) is 8.36. The molecular formula is C17H21ClN6O2. The van der Waals surface area contributed by atoms with E-state index in [4.69, 9.17) is 4.42 Å². The van der Waals surface area contributed by atoms with Gasteiger partial charge in [0.15, 0.2) is 11.5 Å². The lowest BCUT2D eigenvalue weighted by Crippen LogP contribution is -2.23. The quantitative estimate of drug-likeness (QED) is 0.646. The van der Waals surface area contributed by atoms with Crippen LogP contribution in [0, 0.1) is 6.92 Å². The van der Waals surface area contributed by atoms with Gasteiger partial charge in [0.2, 0.25) is 0 Å². The van der Waals surface area contributed by atoms with Gasteiger partial charge in [0, 0.05) is 19.2 Å². The van der Waals surface area contributed by atoms with Crippen LogP contribution >= 0.6 is 12.4 Å². The average Bonchev–Trinajstić information content (AvgIpc) is 3.30. The van der Waals surface area contributed by atoms with Crippen LogP contribution in [0.5, 0.6) is 0 Å². The van der Waals surface area contributed by atoms with Crippen LogP contribution in [0.2, 0.25) is 0 Å². The number of amides is 1. The predicted octanol–water partition coefficient (Wildman–Crippen LogP) is 2.02. The van der Waals surface area contributed by atoms with Gasteiger partial charge in [-0.1, -0.05) is 0 Å². The van der Waals surface area contributed by atoms with Crippen LogP contribution in [0.1, 0.15) is 34.1 Å². The summed E-state index contributed by atoms with van der Waals surface area (Å²) in [4.78, 5) is 12.3. The van der Waals surface area contributed by atoms with Crippen molar-refractivity contribution in [2.45, 2.75) is 33.0 Å². The number of aromatic amines is 1. The molecule has 0 bridgehead atoms. The predicted molar refractivity (Wildman–Crippen MR) is 98.0 cm³/mol. The van der Waals surface area contributed by atoms with E-state index in [1.54, 1.807) is 6.07 Å². The van der Waals surface area contributed by atoms with Gasteiger partial charge in [0.1, 0.15) is 11.5 Å². The third-order valence-corrected chi connectivity index (χ3v) is 4.19. The van der Waals surface area contributed by atoms with E-state index in [-0.39, 0.29) is 18.3 Å². The number of H-pyrrole nitrogens is 1. The molecule has 0 saturated heterocycles. The summed E-state index contributed by atoms with van der Waals surface area (Å²) in [6.45, 7) is 4.97. The van der Waals surface area contributed by atoms with Crippen LogP contribution in [0.25, 0.3) is 11.5 Å². The van der Waals surface area contributed by atoms with E-state index in [9.17, 15) is 4.79 Å². The summed E-state index contributed by atoms with van der Waals surface area (Å²) in [6.07, 6.45) is 1.06. The molecule has 1 amide bonds. The standard InChI is InChI=1S/C17H20N6O2.ClH/c1-11-3-4-16(25-11)14-8-15(21-20-14)17(24)19-9-12-7-13-10-18-5-2-6-23(13)22-12;/h3-4,7-8,18H,2,5-6,9-10H2,1H3,(H,19,24)(H,20,21);1H. The number of halogens is 1. The van der Waals surface area contributed by atoms with Crippen LogP contribution in [-0.4, -0.2) is 32.4 Å². The first-order valence-electron chi connectivity index (χ1n) is 8.36. The molecule has 3 aromatic heterocycles. The monoisotopic (exact) mass is 376 g/mol. The molecule has 26 heavy (non-hydrogen) atoms. The van der Waals surface area contributed by atoms with E-state index in [2.05, 4.69) is 25.9 Å². The first kappa shape index (κ1) is 18.2. The Kier molecular flexibility index (Phi) is 5.43. The first-order chi connectivity index (χ1) is 12.2. The molecule has 0 saturated carbocycles. The smallest absolute Gasteiger partial charge is 0.272 e. The Labute approximate surface area is 156 Å². The molecule has 1 aliphatic rings. The third-order valence-electron chi connectivity index (χ3n) is 4.19. The maximum Gasteiger partial charge on any atom is 0.272 e. The van der Waals surface area contributed by atoms with Crippen LogP contribution in [-0.2, 0) is 19.6 Å². The summed E-state index contributed by atoms with van der Waals surface area (Å²) < 4.78 is 7.53. The summed E-state index contributed by atoms with van der Waals surface area (Å²) in [5.74, 6) is 1.23. The largest absolute Gasteiger partial charge is 0.460 e. The van der Waals surface area contributed by atoms with Crippen LogP contribution < -0.4 is 10.6 Å². The van der Waals surface area contributed by atoms with Gasteiger partial charge < -0.3 is 15.1 Å². The van der Waals surface area contributed by atoms with E-state index in [0.717, 1.165) is 43.2 Å². The van der Waals surface area contributed by atoms with Gasteiger partial charge in [0.05, 0.1) is 17.9 Å². The second kappa shape index (κ2) is 7.76. The van der Waals surface area contributed by atoms with Crippen LogP contribution in [0.15, 0.2) is 28.7 Å². The summed E-state index contributed by atoms with van der Waals surface area (Å²) in [5, 5.41) is 17.7. The number of carbonyl (C=O) groups excluding carboxylic acids is 1. The van der Waals surface area contributed by atoms with E-state index in [1.807, 2.05) is 29.8 Å². The van der Waals surface area contributed by atoms with Gasteiger partial charge in [-0.15, -0.1) is 12.4 Å². The Hall–Kier alpha value is -2.58. The summed E-state index contributed by atoms with van der Waals surface area (Å²) in [5.41, 5.74) is 3.01. The van der Waals surface area contributed by atoms with E-state index in [0.29, 0.717) is 23.7 Å². The molecule has 8 nitrogen and oxygen atoms in total. The van der Waals surface area contributed by atoms with Crippen molar-refractivity contribution in [3.05, 3.63) is 47.1 Å². The van der Waals surface area contributed by atoms with Crippen molar-refractivity contribution in [2.24, 2.45) is 0 Å². The number of nitrogens with one attached hydrogen (secondary N) is 3. The van der Waals surface area contributed by atoms with Crippen molar-refractivity contribution >= 4 is 18.3 Å². The van der Waals surface area contributed by atoms with Crippen LogP contribution in [0.3, 0.4) is 0 Å². The molecule has 4 heterocycles. The van der Waals surface area contributed by atoms with Gasteiger partial charge in [0.25, 0.3) is 5.91 Å². The molecular weight excluding hydrogens is 356 g/mol. The number of aromatic nitrogens is 4. The highest BCUT2D eigenvalue weighted by molar-refractivity contribution is 5.93. The Balaban J connectivity index is 0.00000196. The van der Waals surface area contributed by atoms with Crippen LogP contribution in [0.4, 0.5) is 0 Å². The lowest BCUT2D eigenvalue weighted by Gasteiger charge is -2.01. The average molecular weight is 377 g/mol. The van der Waals surface area contributed by atoms with Gasteiger partial charge in [-0.25, -0.2) is 0 Å². The molecule has 0 atom stereocenters. The second-order valence-corrected chi connectivity index (χ2v) is 6.14.